The molecule has 0 bridgehead atoms. The van der Waals surface area contributed by atoms with Crippen molar-refractivity contribution in [2.24, 2.45) is 0 Å². The van der Waals surface area contributed by atoms with Crippen molar-refractivity contribution in [2.75, 3.05) is 48.4 Å². The second-order valence-electron chi connectivity index (χ2n) is 4.62. The van der Waals surface area contributed by atoms with E-state index in [1.807, 2.05) is 0 Å². The molecule has 1 N–H and O–H groups in total. The second-order valence-corrected chi connectivity index (χ2v) is 7.29. The van der Waals surface area contributed by atoms with Gasteiger partial charge in [0, 0.05) is 8.07 Å². The average molecular weight is 230 g/mol. The van der Waals surface area contributed by atoms with Crippen molar-refractivity contribution in [3.63, 3.8) is 0 Å². The molecule has 1 aliphatic heterocycles. The first-order chi connectivity index (χ1) is 6.85. The maximum atomic E-state index is 8.24. The van der Waals surface area contributed by atoms with Crippen molar-refractivity contribution >= 4 is 13.8 Å². The van der Waals surface area contributed by atoms with Crippen LogP contribution in [0.25, 0.3) is 0 Å². The van der Waals surface area contributed by atoms with Gasteiger partial charge in [-0.3, -0.25) is 14.5 Å². The molecule has 0 aromatic heterocycles. The molecule has 15 heavy (non-hydrogen) atoms. The lowest BCUT2D eigenvalue weighted by Crippen LogP contribution is -2.57. The predicted octanol–water partition coefficient (Wildman–Crippen LogP) is 1.15. The highest BCUT2D eigenvalue weighted by Gasteiger charge is 2.52. The zero-order valence-corrected chi connectivity index (χ0v) is 11.6. The van der Waals surface area contributed by atoms with E-state index in [1.54, 1.807) is 0 Å². The summed E-state index contributed by atoms with van der Waals surface area (Å²) in [7, 11) is 12.3. The maximum absolute atomic E-state index is 8.24. The lowest BCUT2D eigenvalue weighted by molar-refractivity contribution is 0.148. The first-order valence-corrected chi connectivity index (χ1v) is 6.70. The van der Waals surface area contributed by atoms with Crippen LogP contribution in [0.3, 0.4) is 0 Å². The van der Waals surface area contributed by atoms with E-state index in [-0.39, 0.29) is 13.5 Å². The molecule has 5 heteroatoms. The van der Waals surface area contributed by atoms with Crippen LogP contribution in [-0.2, 0) is 0 Å². The minimum atomic E-state index is -0.309. The summed E-state index contributed by atoms with van der Waals surface area (Å²) in [5.41, 5.74) is 0.859. The van der Waals surface area contributed by atoms with Crippen LogP contribution in [0.15, 0.2) is 0 Å². The summed E-state index contributed by atoms with van der Waals surface area (Å²) in [6.07, 6.45) is 2.07. The Hall–Kier alpha value is -0.0200. The van der Waals surface area contributed by atoms with Gasteiger partial charge in [-0.05, 0) is 54.9 Å². The molecule has 0 amide bonds. The van der Waals surface area contributed by atoms with Crippen LogP contribution in [0.2, 0.25) is 0 Å². The van der Waals surface area contributed by atoms with E-state index in [1.165, 1.54) is 0 Å². The maximum Gasteiger partial charge on any atom is 0.145 e. The number of hydrogen-bond donors (Lipinski definition) is 1. The first-order valence-electron chi connectivity index (χ1n) is 5.22. The topological polar surface area (TPSA) is 33.6 Å². The quantitative estimate of drug-likeness (QED) is 0.583. The average Bonchev–Trinajstić information content (AvgIpc) is 2.43. The van der Waals surface area contributed by atoms with Gasteiger partial charge < -0.3 is 5.41 Å². The summed E-state index contributed by atoms with van der Waals surface area (Å²) in [4.78, 5) is 4.40. The molecule has 88 valence electrons. The Morgan fingerprint density at radius 2 is 1.53 bits per heavy atom. The van der Waals surface area contributed by atoms with Crippen LogP contribution in [0.1, 0.15) is 6.42 Å². The molecule has 4 nitrogen and oxygen atoms in total. The summed E-state index contributed by atoms with van der Waals surface area (Å²) >= 11 is 0. The SMILES string of the molecule is CN(C)P1CCC(=N)C1(N(C)C)N(C)C. The van der Waals surface area contributed by atoms with Gasteiger partial charge in [0.25, 0.3) is 0 Å². The van der Waals surface area contributed by atoms with E-state index >= 15 is 0 Å². The Bertz CT molecular complexity index is 242. The van der Waals surface area contributed by atoms with Crippen molar-refractivity contribution in [1.82, 2.24) is 14.5 Å². The summed E-state index contributed by atoms with van der Waals surface area (Å²) in [5, 5.41) is 8.08. The molecule has 0 aromatic carbocycles. The molecule has 1 aliphatic rings. The number of hydrogen-bond acceptors (Lipinski definition) is 4. The highest BCUT2D eigenvalue weighted by atomic mass is 31.1. The Balaban J connectivity index is 3.16. The van der Waals surface area contributed by atoms with Crippen LogP contribution >= 0.6 is 8.07 Å². The second kappa shape index (κ2) is 4.46. The van der Waals surface area contributed by atoms with Crippen LogP contribution < -0.4 is 0 Å². The molecular weight excluding hydrogens is 207 g/mol. The molecule has 0 aliphatic carbocycles. The monoisotopic (exact) mass is 230 g/mol. The van der Waals surface area contributed by atoms with Crippen LogP contribution in [-0.4, -0.2) is 74.0 Å². The Morgan fingerprint density at radius 1 is 1.07 bits per heavy atom. The molecule has 1 rings (SSSR count). The molecule has 1 unspecified atom stereocenters. The van der Waals surface area contributed by atoms with E-state index in [2.05, 4.69) is 56.8 Å². The van der Waals surface area contributed by atoms with E-state index in [0.29, 0.717) is 0 Å². The predicted molar refractivity (Wildman–Crippen MR) is 67.9 cm³/mol. The summed E-state index contributed by atoms with van der Waals surface area (Å²) in [6, 6.07) is 0. The van der Waals surface area contributed by atoms with Crippen molar-refractivity contribution in [3.05, 3.63) is 0 Å². The van der Waals surface area contributed by atoms with Crippen LogP contribution in [0.4, 0.5) is 0 Å². The molecule has 0 saturated carbocycles. The number of nitrogens with one attached hydrogen (secondary N) is 1. The molecule has 1 fully saturated rings. The van der Waals surface area contributed by atoms with E-state index in [9.17, 15) is 0 Å². The van der Waals surface area contributed by atoms with Crippen molar-refractivity contribution in [2.45, 2.75) is 11.8 Å². The van der Waals surface area contributed by atoms with Crippen molar-refractivity contribution in [3.8, 4) is 0 Å². The lowest BCUT2D eigenvalue weighted by Gasteiger charge is -2.48. The number of nitrogens with zero attached hydrogens (tertiary/aromatic N) is 3. The Kier molecular flexibility index (Phi) is 3.88. The van der Waals surface area contributed by atoms with Gasteiger partial charge in [-0.2, -0.15) is 0 Å². The largest absolute Gasteiger partial charge is 0.306 e. The zero-order chi connectivity index (χ0) is 11.8. The van der Waals surface area contributed by atoms with E-state index in [4.69, 9.17) is 5.41 Å². The van der Waals surface area contributed by atoms with Crippen LogP contribution in [0, 0.1) is 5.41 Å². The van der Waals surface area contributed by atoms with E-state index < -0.39 is 0 Å². The fourth-order valence-electron chi connectivity index (χ4n) is 2.58. The minimum absolute atomic E-state index is 0.168. The fraction of sp³-hybridized carbons (Fsp3) is 0.900. The lowest BCUT2D eigenvalue weighted by atomic mass is 10.2. The molecule has 1 atom stereocenters. The molecule has 1 saturated heterocycles. The Morgan fingerprint density at radius 3 is 1.80 bits per heavy atom. The van der Waals surface area contributed by atoms with Gasteiger partial charge in [0.2, 0.25) is 0 Å². The van der Waals surface area contributed by atoms with Crippen molar-refractivity contribution in [1.29, 1.82) is 5.41 Å². The van der Waals surface area contributed by atoms with Gasteiger partial charge in [0.1, 0.15) is 5.40 Å². The molecule has 0 spiro atoms. The molecule has 0 aromatic rings. The van der Waals surface area contributed by atoms with Gasteiger partial charge >= 0.3 is 0 Å². The Labute approximate surface area is 94.5 Å². The number of rotatable bonds is 3. The summed E-state index contributed by atoms with van der Waals surface area (Å²) in [6.45, 7) is 0. The zero-order valence-electron chi connectivity index (χ0n) is 10.7. The smallest absolute Gasteiger partial charge is 0.145 e. The molecule has 0 radical (unpaired) electrons. The van der Waals surface area contributed by atoms with E-state index in [0.717, 1.165) is 18.3 Å². The summed E-state index contributed by atoms with van der Waals surface area (Å²) in [5.74, 6) is 0. The van der Waals surface area contributed by atoms with Gasteiger partial charge in [-0.25, -0.2) is 0 Å². The fourth-order valence-corrected chi connectivity index (χ4v) is 5.63. The normalized spacial score (nSPS) is 25.9. The third-order valence-corrected chi connectivity index (χ3v) is 6.47. The van der Waals surface area contributed by atoms with Crippen LogP contribution in [0.5, 0.6) is 0 Å². The molecule has 1 heterocycles. The third-order valence-electron chi connectivity index (χ3n) is 3.07. The first kappa shape index (κ1) is 13.0. The third kappa shape index (κ3) is 1.84. The molecular formula is C10H23N4P. The van der Waals surface area contributed by atoms with Gasteiger partial charge in [-0.1, -0.05) is 0 Å². The van der Waals surface area contributed by atoms with Gasteiger partial charge in [0.05, 0.1) is 5.71 Å². The van der Waals surface area contributed by atoms with Crippen molar-refractivity contribution < 1.29 is 0 Å². The van der Waals surface area contributed by atoms with Gasteiger partial charge in [-0.15, -0.1) is 0 Å². The minimum Gasteiger partial charge on any atom is -0.306 e. The highest BCUT2D eigenvalue weighted by molar-refractivity contribution is 7.58. The standard InChI is InChI=1S/C10H23N4P/c1-12(2)10(13(3)4)9(11)7-8-15(10)14(5)6/h11H,7-8H2,1-6H3. The summed E-state index contributed by atoms with van der Waals surface area (Å²) < 4.78 is 2.30. The highest BCUT2D eigenvalue weighted by Crippen LogP contribution is 2.59. The van der Waals surface area contributed by atoms with Gasteiger partial charge in [0.15, 0.2) is 0 Å².